The zero-order valence-corrected chi connectivity index (χ0v) is 11.0. The summed E-state index contributed by atoms with van der Waals surface area (Å²) >= 11 is 2.01. The number of imidazole rings is 1. The first-order valence-corrected chi connectivity index (χ1v) is 7.20. The Morgan fingerprint density at radius 2 is 2.25 bits per heavy atom. The molecule has 1 aromatic rings. The Balaban J connectivity index is 2.16. The van der Waals surface area contributed by atoms with E-state index in [9.17, 15) is 0 Å². The first-order chi connectivity index (χ1) is 7.67. The van der Waals surface area contributed by atoms with Gasteiger partial charge in [-0.15, -0.1) is 0 Å². The van der Waals surface area contributed by atoms with Crippen LogP contribution in [0.2, 0.25) is 0 Å². The van der Waals surface area contributed by atoms with Gasteiger partial charge in [-0.3, -0.25) is 0 Å². The number of rotatable bonds is 4. The van der Waals surface area contributed by atoms with Gasteiger partial charge in [0.15, 0.2) is 0 Å². The molecule has 90 valence electrons. The summed E-state index contributed by atoms with van der Waals surface area (Å²) in [4.78, 5) is 4.22. The monoisotopic (exact) mass is 239 g/mol. The summed E-state index contributed by atoms with van der Waals surface area (Å²) < 4.78 is 2.66. The highest BCUT2D eigenvalue weighted by Gasteiger charge is 2.33. The molecule has 3 nitrogen and oxygen atoms in total. The average Bonchev–Trinajstić information content (AvgIpc) is 2.88. The molecule has 0 saturated heterocycles. The summed E-state index contributed by atoms with van der Waals surface area (Å²) in [7, 11) is 0. The van der Waals surface area contributed by atoms with Crippen LogP contribution in [0.1, 0.15) is 44.3 Å². The summed E-state index contributed by atoms with van der Waals surface area (Å²) in [5.74, 6) is 0. The van der Waals surface area contributed by atoms with Gasteiger partial charge in [0.2, 0.25) is 0 Å². The lowest BCUT2D eigenvalue weighted by molar-refractivity contribution is 0.486. The highest BCUT2D eigenvalue weighted by atomic mass is 32.2. The van der Waals surface area contributed by atoms with Gasteiger partial charge < -0.3 is 10.3 Å². The molecule has 1 fully saturated rings. The first kappa shape index (κ1) is 12.0. The Kier molecular flexibility index (Phi) is 3.60. The maximum Gasteiger partial charge on any atom is 0.0949 e. The molecule has 1 aliphatic rings. The van der Waals surface area contributed by atoms with E-state index in [1.807, 2.05) is 31.2 Å². The number of hydrogen-bond acceptors (Lipinski definition) is 3. The Labute approximate surface area is 102 Å². The fraction of sp³-hybridized carbons (Fsp3) is 0.750. The van der Waals surface area contributed by atoms with E-state index in [0.29, 0.717) is 4.75 Å². The smallest absolute Gasteiger partial charge is 0.0949 e. The van der Waals surface area contributed by atoms with Gasteiger partial charge >= 0.3 is 0 Å². The van der Waals surface area contributed by atoms with Gasteiger partial charge in [0.25, 0.3) is 0 Å². The van der Waals surface area contributed by atoms with Crippen molar-refractivity contribution in [1.82, 2.24) is 9.55 Å². The van der Waals surface area contributed by atoms with Gasteiger partial charge in [-0.1, -0.05) is 12.8 Å². The van der Waals surface area contributed by atoms with Gasteiger partial charge in [0, 0.05) is 23.5 Å². The number of aromatic nitrogens is 2. The molecule has 0 unspecified atom stereocenters. The number of nitrogens with two attached hydrogens (primary N) is 1. The molecule has 2 N–H and O–H groups in total. The van der Waals surface area contributed by atoms with Crippen LogP contribution in [0.5, 0.6) is 0 Å². The molecule has 0 bridgehead atoms. The van der Waals surface area contributed by atoms with Crippen LogP contribution >= 0.6 is 11.8 Å². The molecule has 0 radical (unpaired) electrons. The number of nitrogens with zero attached hydrogens (tertiary/aromatic N) is 2. The maximum atomic E-state index is 5.95. The van der Waals surface area contributed by atoms with Crippen molar-refractivity contribution in [2.24, 2.45) is 5.73 Å². The van der Waals surface area contributed by atoms with Crippen molar-refractivity contribution in [1.29, 1.82) is 0 Å². The van der Waals surface area contributed by atoms with E-state index in [4.69, 9.17) is 5.73 Å². The minimum Gasteiger partial charge on any atom is -0.332 e. The molecule has 0 spiro atoms. The van der Waals surface area contributed by atoms with Crippen LogP contribution in [0, 0.1) is 0 Å². The first-order valence-electron chi connectivity index (χ1n) is 5.98. The fourth-order valence-electron chi connectivity index (χ4n) is 2.60. The molecule has 2 rings (SSSR count). The summed E-state index contributed by atoms with van der Waals surface area (Å²) in [6.45, 7) is 3.08. The van der Waals surface area contributed by atoms with Crippen LogP contribution in [-0.4, -0.2) is 20.6 Å². The van der Waals surface area contributed by atoms with E-state index in [1.54, 1.807) is 0 Å². The predicted molar refractivity (Wildman–Crippen MR) is 69.5 cm³/mol. The van der Waals surface area contributed by atoms with Crippen molar-refractivity contribution in [3.63, 3.8) is 0 Å². The van der Waals surface area contributed by atoms with E-state index in [2.05, 4.69) is 15.8 Å². The van der Waals surface area contributed by atoms with Crippen molar-refractivity contribution < 1.29 is 0 Å². The highest BCUT2D eigenvalue weighted by molar-refractivity contribution is 8.00. The molecular weight excluding hydrogens is 218 g/mol. The van der Waals surface area contributed by atoms with Crippen molar-refractivity contribution in [2.45, 2.75) is 49.9 Å². The predicted octanol–water partition coefficient (Wildman–Crippen LogP) is 2.58. The normalized spacial score (nSPS) is 21.2. The maximum absolute atomic E-state index is 5.95. The molecule has 1 atom stereocenters. The van der Waals surface area contributed by atoms with E-state index in [1.165, 1.54) is 25.7 Å². The second kappa shape index (κ2) is 4.80. The Morgan fingerprint density at radius 3 is 2.81 bits per heavy atom. The SMILES string of the molecule is CSC1(Cn2cncc2[C@@H](C)N)CCCC1. The Hall–Kier alpha value is -0.480. The van der Waals surface area contributed by atoms with Gasteiger partial charge in [0.1, 0.15) is 0 Å². The molecule has 1 aliphatic carbocycles. The number of hydrogen-bond donors (Lipinski definition) is 1. The minimum atomic E-state index is 0.0720. The van der Waals surface area contributed by atoms with Crippen LogP contribution in [0.15, 0.2) is 12.5 Å². The van der Waals surface area contributed by atoms with Gasteiger partial charge in [-0.05, 0) is 26.0 Å². The lowest BCUT2D eigenvalue weighted by Crippen LogP contribution is -2.28. The zero-order chi connectivity index (χ0) is 11.6. The van der Waals surface area contributed by atoms with Crippen molar-refractivity contribution >= 4 is 11.8 Å². The third-order valence-electron chi connectivity index (χ3n) is 3.62. The number of thioether (sulfide) groups is 1. The van der Waals surface area contributed by atoms with E-state index >= 15 is 0 Å². The standard InChI is InChI=1S/C12H21N3S/c1-10(13)11-7-14-9-15(11)8-12(16-2)5-3-4-6-12/h7,9-10H,3-6,8,13H2,1-2H3/t10-/m1/s1. The Morgan fingerprint density at radius 1 is 1.56 bits per heavy atom. The van der Waals surface area contributed by atoms with Crippen LogP contribution in [0.25, 0.3) is 0 Å². The lowest BCUT2D eigenvalue weighted by Gasteiger charge is -2.28. The third-order valence-corrected chi connectivity index (χ3v) is 5.02. The molecule has 0 aliphatic heterocycles. The van der Waals surface area contributed by atoms with E-state index < -0.39 is 0 Å². The molecular formula is C12H21N3S. The molecule has 0 amide bonds. The van der Waals surface area contributed by atoms with Crippen LogP contribution < -0.4 is 5.73 Å². The van der Waals surface area contributed by atoms with Gasteiger partial charge in [-0.25, -0.2) is 4.98 Å². The van der Waals surface area contributed by atoms with Crippen LogP contribution in [-0.2, 0) is 6.54 Å². The fourth-order valence-corrected chi connectivity index (χ4v) is 3.56. The van der Waals surface area contributed by atoms with Crippen molar-refractivity contribution in [2.75, 3.05) is 6.26 Å². The Bertz CT molecular complexity index is 340. The van der Waals surface area contributed by atoms with Crippen molar-refractivity contribution in [3.8, 4) is 0 Å². The lowest BCUT2D eigenvalue weighted by atomic mass is 10.1. The van der Waals surface area contributed by atoms with E-state index in [-0.39, 0.29) is 6.04 Å². The largest absolute Gasteiger partial charge is 0.332 e. The van der Waals surface area contributed by atoms with Crippen LogP contribution in [0.3, 0.4) is 0 Å². The van der Waals surface area contributed by atoms with E-state index in [0.717, 1.165) is 12.2 Å². The molecule has 4 heteroatoms. The second-order valence-electron chi connectivity index (χ2n) is 4.83. The molecule has 1 saturated carbocycles. The minimum absolute atomic E-state index is 0.0720. The summed E-state index contributed by atoms with van der Waals surface area (Å²) in [5.41, 5.74) is 7.10. The van der Waals surface area contributed by atoms with Gasteiger partial charge in [-0.2, -0.15) is 11.8 Å². The summed E-state index contributed by atoms with van der Waals surface area (Å²) in [6.07, 6.45) is 11.4. The zero-order valence-electron chi connectivity index (χ0n) is 10.1. The van der Waals surface area contributed by atoms with Gasteiger partial charge in [0.05, 0.1) is 12.0 Å². The molecule has 1 aromatic heterocycles. The van der Waals surface area contributed by atoms with Crippen molar-refractivity contribution in [3.05, 3.63) is 18.2 Å². The second-order valence-corrected chi connectivity index (χ2v) is 6.10. The van der Waals surface area contributed by atoms with Crippen LogP contribution in [0.4, 0.5) is 0 Å². The third kappa shape index (κ3) is 2.28. The average molecular weight is 239 g/mol. The quantitative estimate of drug-likeness (QED) is 0.878. The molecule has 16 heavy (non-hydrogen) atoms. The molecule has 0 aromatic carbocycles. The topological polar surface area (TPSA) is 43.8 Å². The summed E-state index contributed by atoms with van der Waals surface area (Å²) in [5, 5.41) is 0. The molecule has 1 heterocycles. The highest BCUT2D eigenvalue weighted by Crippen LogP contribution is 2.41. The summed E-state index contributed by atoms with van der Waals surface area (Å²) in [6, 6.07) is 0.0720.